The number of hydrogen-bond acceptors (Lipinski definition) is 4. The van der Waals surface area contributed by atoms with Crippen molar-refractivity contribution in [3.8, 4) is 0 Å². The lowest BCUT2D eigenvalue weighted by Crippen LogP contribution is -2.50. The number of amides is 3. The van der Waals surface area contributed by atoms with E-state index in [1.165, 1.54) is 0 Å². The molecule has 0 aliphatic carbocycles. The van der Waals surface area contributed by atoms with Crippen molar-refractivity contribution in [3.63, 3.8) is 0 Å². The minimum atomic E-state index is -1.24. The molecule has 1 aromatic heterocycles. The third kappa shape index (κ3) is 3.55. The van der Waals surface area contributed by atoms with Gasteiger partial charge >= 0.3 is 12.1 Å². The summed E-state index contributed by atoms with van der Waals surface area (Å²) in [6, 6.07) is 7.89. The number of benzene rings is 1. The first-order valence-corrected chi connectivity index (χ1v) is 9.63. The van der Waals surface area contributed by atoms with Gasteiger partial charge in [-0.05, 0) is 25.3 Å². The number of fused-ring (bicyclic) bond motifs is 1. The van der Waals surface area contributed by atoms with Crippen molar-refractivity contribution in [3.05, 3.63) is 53.6 Å². The summed E-state index contributed by atoms with van der Waals surface area (Å²) in [5.41, 5.74) is 1.50. The minimum Gasteiger partial charge on any atom is -0.465 e. The lowest BCUT2D eigenvalue weighted by molar-refractivity contribution is -0.135. The van der Waals surface area contributed by atoms with E-state index in [1.807, 2.05) is 17.9 Å². The fraction of sp³-hybridized carbons (Fsp3) is 0.400. The van der Waals surface area contributed by atoms with Crippen LogP contribution in [0.5, 0.6) is 0 Å². The maximum atomic E-state index is 13.0. The van der Waals surface area contributed by atoms with Gasteiger partial charge in [0.2, 0.25) is 5.91 Å². The van der Waals surface area contributed by atoms with Crippen LogP contribution in [0.25, 0.3) is 0 Å². The van der Waals surface area contributed by atoms with E-state index in [0.717, 1.165) is 5.69 Å². The summed E-state index contributed by atoms with van der Waals surface area (Å²) in [7, 11) is 0. The Hall–Kier alpha value is -3.36. The van der Waals surface area contributed by atoms with Crippen LogP contribution in [-0.2, 0) is 11.3 Å². The molecule has 29 heavy (non-hydrogen) atoms. The summed E-state index contributed by atoms with van der Waals surface area (Å²) in [4.78, 5) is 44.6. The number of likely N-dealkylation sites (tertiary alicyclic amines) is 1. The van der Waals surface area contributed by atoms with Crippen LogP contribution in [0.3, 0.4) is 0 Å². The van der Waals surface area contributed by atoms with Gasteiger partial charge in [0.25, 0.3) is 0 Å². The molecule has 9 nitrogen and oxygen atoms in total. The summed E-state index contributed by atoms with van der Waals surface area (Å²) in [5.74, 6) is 0.418. The highest BCUT2D eigenvalue weighted by Crippen LogP contribution is 2.27. The number of nitrogens with one attached hydrogen (secondary N) is 1. The monoisotopic (exact) mass is 397 g/mol. The molecule has 0 radical (unpaired) electrons. The highest BCUT2D eigenvalue weighted by molar-refractivity contribution is 5.86. The molecule has 3 heterocycles. The van der Waals surface area contributed by atoms with Crippen LogP contribution in [0.4, 0.5) is 9.59 Å². The van der Waals surface area contributed by atoms with Crippen LogP contribution >= 0.6 is 0 Å². The van der Waals surface area contributed by atoms with Gasteiger partial charge in [0, 0.05) is 19.1 Å². The molecule has 2 aromatic rings. The normalized spacial score (nSPS) is 17.9. The quantitative estimate of drug-likeness (QED) is 0.820. The summed E-state index contributed by atoms with van der Waals surface area (Å²) in [6.07, 6.45) is 1.80. The Kier molecular flexibility index (Phi) is 4.96. The van der Waals surface area contributed by atoms with Crippen molar-refractivity contribution >= 4 is 18.0 Å². The standard InChI is InChI=1S/C20H23N5O4/c1-13-21-11-16-12-24(20(29)25(13)16)15-7-9-23(10-8-15)18(26)17(22-19(27)28)14-5-3-2-4-6-14/h2-6,11,15,17,22H,7-10,12H2,1H3,(H,27,28). The summed E-state index contributed by atoms with van der Waals surface area (Å²) in [5, 5.41) is 11.5. The topological polar surface area (TPSA) is 108 Å². The van der Waals surface area contributed by atoms with Gasteiger partial charge in [-0.2, -0.15) is 0 Å². The second kappa shape index (κ2) is 7.57. The van der Waals surface area contributed by atoms with E-state index in [-0.39, 0.29) is 18.0 Å². The number of piperidine rings is 1. The second-order valence-corrected chi connectivity index (χ2v) is 7.39. The first-order chi connectivity index (χ1) is 14.0. The van der Waals surface area contributed by atoms with E-state index in [1.54, 1.807) is 39.9 Å². The van der Waals surface area contributed by atoms with Crippen LogP contribution in [0.1, 0.15) is 36.0 Å². The fourth-order valence-electron chi connectivity index (χ4n) is 4.16. The fourth-order valence-corrected chi connectivity index (χ4v) is 4.16. The van der Waals surface area contributed by atoms with Gasteiger partial charge in [-0.25, -0.2) is 14.6 Å². The number of aromatic nitrogens is 2. The third-order valence-corrected chi connectivity index (χ3v) is 5.65. The molecule has 0 bridgehead atoms. The van der Waals surface area contributed by atoms with E-state index >= 15 is 0 Å². The highest BCUT2D eigenvalue weighted by Gasteiger charge is 2.37. The number of carboxylic acid groups (broad SMARTS) is 1. The largest absolute Gasteiger partial charge is 0.465 e. The van der Waals surface area contributed by atoms with Gasteiger partial charge in [-0.1, -0.05) is 30.3 Å². The maximum absolute atomic E-state index is 13.0. The van der Waals surface area contributed by atoms with Crippen molar-refractivity contribution in [2.75, 3.05) is 13.1 Å². The molecule has 1 atom stereocenters. The van der Waals surface area contributed by atoms with Gasteiger partial charge < -0.3 is 20.2 Å². The zero-order chi connectivity index (χ0) is 20.5. The number of aryl methyl sites for hydroxylation is 1. The first kappa shape index (κ1) is 19.0. The van der Waals surface area contributed by atoms with Crippen LogP contribution in [0, 0.1) is 6.92 Å². The average Bonchev–Trinajstić information content (AvgIpc) is 3.26. The van der Waals surface area contributed by atoms with Crippen molar-refractivity contribution < 1.29 is 19.5 Å². The Balaban J connectivity index is 1.42. The zero-order valence-electron chi connectivity index (χ0n) is 16.1. The number of rotatable bonds is 4. The molecule has 2 aliphatic rings. The summed E-state index contributed by atoms with van der Waals surface area (Å²) < 4.78 is 1.64. The SMILES string of the molecule is Cc1ncc2n1C(=O)N(C1CCN(C(=O)C(NC(=O)O)c3ccccc3)CC1)C2. The van der Waals surface area contributed by atoms with E-state index in [0.29, 0.717) is 43.9 Å². The number of imidazole rings is 1. The Morgan fingerprint density at radius 3 is 2.52 bits per heavy atom. The molecule has 3 amide bonds. The second-order valence-electron chi connectivity index (χ2n) is 7.39. The van der Waals surface area contributed by atoms with E-state index in [9.17, 15) is 14.4 Å². The molecular weight excluding hydrogens is 374 g/mol. The molecule has 0 spiro atoms. The molecule has 2 N–H and O–H groups in total. The first-order valence-electron chi connectivity index (χ1n) is 9.63. The number of carbonyl (C=O) groups excluding carboxylic acids is 2. The maximum Gasteiger partial charge on any atom is 0.405 e. The van der Waals surface area contributed by atoms with Crippen LogP contribution in [-0.4, -0.2) is 61.6 Å². The van der Waals surface area contributed by atoms with Gasteiger partial charge in [0.15, 0.2) is 0 Å². The van der Waals surface area contributed by atoms with Gasteiger partial charge in [-0.3, -0.25) is 9.36 Å². The van der Waals surface area contributed by atoms with E-state index in [4.69, 9.17) is 5.11 Å². The number of nitrogens with zero attached hydrogens (tertiary/aromatic N) is 4. The number of hydrogen-bond donors (Lipinski definition) is 2. The zero-order valence-corrected chi connectivity index (χ0v) is 16.1. The molecule has 1 unspecified atom stereocenters. The Morgan fingerprint density at radius 2 is 1.90 bits per heavy atom. The molecular formula is C20H23N5O4. The smallest absolute Gasteiger partial charge is 0.405 e. The predicted molar refractivity (Wildman–Crippen MR) is 103 cm³/mol. The van der Waals surface area contributed by atoms with Crippen LogP contribution in [0.15, 0.2) is 36.5 Å². The third-order valence-electron chi connectivity index (χ3n) is 5.65. The summed E-state index contributed by atoms with van der Waals surface area (Å²) in [6.45, 7) is 3.30. The highest BCUT2D eigenvalue weighted by atomic mass is 16.4. The van der Waals surface area contributed by atoms with E-state index < -0.39 is 12.1 Å². The molecule has 9 heteroatoms. The Labute approximate surface area is 167 Å². The predicted octanol–water partition coefficient (Wildman–Crippen LogP) is 1.98. The molecule has 2 aliphatic heterocycles. The molecule has 0 saturated carbocycles. The molecule has 152 valence electrons. The Bertz CT molecular complexity index is 934. The van der Waals surface area contributed by atoms with Gasteiger partial charge in [0.1, 0.15) is 11.9 Å². The van der Waals surface area contributed by atoms with Crippen molar-refractivity contribution in [2.24, 2.45) is 0 Å². The molecule has 1 aromatic carbocycles. The van der Waals surface area contributed by atoms with Gasteiger partial charge in [0.05, 0.1) is 18.4 Å². The number of carbonyl (C=O) groups is 3. The van der Waals surface area contributed by atoms with Crippen molar-refractivity contribution in [1.29, 1.82) is 0 Å². The minimum absolute atomic E-state index is 0.0495. The average molecular weight is 397 g/mol. The van der Waals surface area contributed by atoms with Crippen molar-refractivity contribution in [1.82, 2.24) is 24.7 Å². The lowest BCUT2D eigenvalue weighted by atomic mass is 10.0. The van der Waals surface area contributed by atoms with Crippen molar-refractivity contribution in [2.45, 2.75) is 38.4 Å². The summed E-state index contributed by atoms with van der Waals surface area (Å²) >= 11 is 0. The Morgan fingerprint density at radius 1 is 1.21 bits per heavy atom. The van der Waals surface area contributed by atoms with Gasteiger partial charge in [-0.15, -0.1) is 0 Å². The molecule has 1 fully saturated rings. The van der Waals surface area contributed by atoms with E-state index in [2.05, 4.69) is 10.3 Å². The molecule has 4 rings (SSSR count). The van der Waals surface area contributed by atoms with Crippen LogP contribution in [0.2, 0.25) is 0 Å². The molecule has 1 saturated heterocycles. The lowest BCUT2D eigenvalue weighted by Gasteiger charge is -2.37. The van der Waals surface area contributed by atoms with Crippen LogP contribution < -0.4 is 5.32 Å².